The molecule has 1 aliphatic carbocycles. The molecular formula is C15H24N2O4S. The number of nitrogens with one attached hydrogen (secondary N) is 2. The number of rotatable bonds is 5. The van der Waals surface area contributed by atoms with Crippen LogP contribution in [0.25, 0.3) is 0 Å². The third kappa shape index (κ3) is 4.90. The summed E-state index contributed by atoms with van der Waals surface area (Å²) in [6.45, 7) is 2.02. The summed E-state index contributed by atoms with van der Waals surface area (Å²) < 4.78 is 4.90. The first-order valence-electron chi connectivity index (χ1n) is 7.98. The molecule has 0 radical (unpaired) electrons. The fourth-order valence-corrected chi connectivity index (χ4v) is 3.95. The molecule has 2 aliphatic rings. The Bertz CT molecular complexity index is 424. The molecule has 0 bridgehead atoms. The van der Waals surface area contributed by atoms with E-state index in [-0.39, 0.29) is 24.3 Å². The SMILES string of the molecule is CCOC(=O)C1CSC(CC(=O)NC2CCCCC2)C(=O)N1. The molecule has 7 heteroatoms. The Balaban J connectivity index is 1.75. The maximum atomic E-state index is 12.0. The molecule has 6 nitrogen and oxygen atoms in total. The van der Waals surface area contributed by atoms with E-state index in [1.807, 2.05) is 0 Å². The Hall–Kier alpha value is -1.24. The molecule has 2 rings (SSSR count). The van der Waals surface area contributed by atoms with E-state index < -0.39 is 17.3 Å². The van der Waals surface area contributed by atoms with Crippen molar-refractivity contribution in [2.24, 2.45) is 0 Å². The first kappa shape index (κ1) is 17.1. The second-order valence-electron chi connectivity index (χ2n) is 5.74. The third-order valence-electron chi connectivity index (χ3n) is 3.99. The van der Waals surface area contributed by atoms with Gasteiger partial charge in [0.1, 0.15) is 6.04 Å². The van der Waals surface area contributed by atoms with Crippen molar-refractivity contribution in [3.63, 3.8) is 0 Å². The summed E-state index contributed by atoms with van der Waals surface area (Å²) in [6.07, 6.45) is 5.78. The number of esters is 1. The van der Waals surface area contributed by atoms with E-state index in [1.165, 1.54) is 18.2 Å². The number of thioether (sulfide) groups is 1. The van der Waals surface area contributed by atoms with Gasteiger partial charge >= 0.3 is 5.97 Å². The molecule has 1 saturated carbocycles. The van der Waals surface area contributed by atoms with E-state index in [0.29, 0.717) is 12.4 Å². The van der Waals surface area contributed by atoms with Crippen molar-refractivity contribution >= 4 is 29.5 Å². The highest BCUT2D eigenvalue weighted by molar-refractivity contribution is 8.00. The quantitative estimate of drug-likeness (QED) is 0.735. The lowest BCUT2D eigenvalue weighted by Crippen LogP contribution is -2.52. The van der Waals surface area contributed by atoms with Crippen molar-refractivity contribution < 1.29 is 19.1 Å². The molecule has 1 aliphatic heterocycles. The molecule has 0 spiro atoms. The molecule has 2 amide bonds. The van der Waals surface area contributed by atoms with Gasteiger partial charge in [-0.2, -0.15) is 0 Å². The smallest absolute Gasteiger partial charge is 0.329 e. The van der Waals surface area contributed by atoms with Gasteiger partial charge in [-0.15, -0.1) is 11.8 Å². The van der Waals surface area contributed by atoms with Crippen LogP contribution in [-0.2, 0) is 19.1 Å². The zero-order chi connectivity index (χ0) is 15.9. The first-order valence-corrected chi connectivity index (χ1v) is 9.03. The maximum absolute atomic E-state index is 12.0. The second kappa shape index (κ2) is 8.41. The molecule has 0 aromatic heterocycles. The standard InChI is InChI=1S/C15H24N2O4S/c1-2-21-15(20)11-9-22-12(14(19)17-11)8-13(18)16-10-6-4-3-5-7-10/h10-12H,2-9H2,1H3,(H,16,18)(H,17,19). The van der Waals surface area contributed by atoms with Crippen molar-refractivity contribution in [3.05, 3.63) is 0 Å². The minimum atomic E-state index is -0.602. The number of carbonyl (C=O) groups excluding carboxylic acids is 3. The van der Waals surface area contributed by atoms with Crippen molar-refractivity contribution in [3.8, 4) is 0 Å². The molecule has 0 aromatic carbocycles. The van der Waals surface area contributed by atoms with E-state index in [0.717, 1.165) is 25.7 Å². The van der Waals surface area contributed by atoms with E-state index in [1.54, 1.807) is 6.92 Å². The van der Waals surface area contributed by atoms with Gasteiger partial charge in [0.05, 0.1) is 11.9 Å². The lowest BCUT2D eigenvalue weighted by atomic mass is 9.95. The zero-order valence-corrected chi connectivity index (χ0v) is 13.7. The molecular weight excluding hydrogens is 304 g/mol. The monoisotopic (exact) mass is 328 g/mol. The molecule has 2 unspecified atom stereocenters. The fourth-order valence-electron chi connectivity index (χ4n) is 2.82. The summed E-state index contributed by atoms with van der Waals surface area (Å²) in [5, 5.41) is 5.24. The van der Waals surface area contributed by atoms with Crippen LogP contribution in [0, 0.1) is 0 Å². The normalized spacial score (nSPS) is 26.1. The van der Waals surface area contributed by atoms with Crippen LogP contribution in [0.15, 0.2) is 0 Å². The van der Waals surface area contributed by atoms with E-state index in [9.17, 15) is 14.4 Å². The molecule has 0 aromatic rings. The van der Waals surface area contributed by atoms with Gasteiger partial charge < -0.3 is 15.4 Å². The van der Waals surface area contributed by atoms with Crippen molar-refractivity contribution in [1.29, 1.82) is 0 Å². The van der Waals surface area contributed by atoms with E-state index in [2.05, 4.69) is 10.6 Å². The third-order valence-corrected chi connectivity index (χ3v) is 5.29. The van der Waals surface area contributed by atoms with Crippen LogP contribution < -0.4 is 10.6 Å². The van der Waals surface area contributed by atoms with Crippen LogP contribution in [0.3, 0.4) is 0 Å². The minimum Gasteiger partial charge on any atom is -0.464 e. The predicted molar refractivity (Wildman–Crippen MR) is 84.4 cm³/mol. The summed E-state index contributed by atoms with van der Waals surface area (Å²) in [5.74, 6) is -0.290. The highest BCUT2D eigenvalue weighted by Crippen LogP contribution is 2.22. The number of ether oxygens (including phenoxy) is 1. The molecule has 2 fully saturated rings. The van der Waals surface area contributed by atoms with Gasteiger partial charge in [-0.1, -0.05) is 19.3 Å². The summed E-state index contributed by atoms with van der Waals surface area (Å²) >= 11 is 1.35. The second-order valence-corrected chi connectivity index (χ2v) is 6.98. The average Bonchev–Trinajstić information content (AvgIpc) is 2.50. The Morgan fingerprint density at radius 1 is 1.32 bits per heavy atom. The zero-order valence-electron chi connectivity index (χ0n) is 12.9. The van der Waals surface area contributed by atoms with Gasteiger partial charge in [0.2, 0.25) is 11.8 Å². The molecule has 2 atom stereocenters. The van der Waals surface area contributed by atoms with E-state index >= 15 is 0 Å². The number of hydrogen-bond acceptors (Lipinski definition) is 5. The van der Waals surface area contributed by atoms with Crippen LogP contribution in [0.5, 0.6) is 0 Å². The number of carbonyl (C=O) groups is 3. The van der Waals surface area contributed by atoms with Crippen LogP contribution in [0.2, 0.25) is 0 Å². The van der Waals surface area contributed by atoms with Crippen LogP contribution >= 0.6 is 11.8 Å². The Morgan fingerprint density at radius 2 is 2.05 bits per heavy atom. The maximum Gasteiger partial charge on any atom is 0.329 e. The number of amides is 2. The molecule has 22 heavy (non-hydrogen) atoms. The fraction of sp³-hybridized carbons (Fsp3) is 0.800. The van der Waals surface area contributed by atoms with Gasteiger partial charge in [0.15, 0.2) is 0 Å². The van der Waals surface area contributed by atoms with Gasteiger partial charge in [0.25, 0.3) is 0 Å². The summed E-state index contributed by atoms with van der Waals surface area (Å²) in [4.78, 5) is 35.7. The minimum absolute atomic E-state index is 0.0749. The highest BCUT2D eigenvalue weighted by atomic mass is 32.2. The molecule has 124 valence electrons. The van der Waals surface area contributed by atoms with Crippen molar-refractivity contribution in [1.82, 2.24) is 10.6 Å². The molecule has 2 N–H and O–H groups in total. The van der Waals surface area contributed by atoms with Crippen LogP contribution in [0.1, 0.15) is 45.4 Å². The average molecular weight is 328 g/mol. The van der Waals surface area contributed by atoms with E-state index in [4.69, 9.17) is 4.74 Å². The Kier molecular flexibility index (Phi) is 6.54. The lowest BCUT2D eigenvalue weighted by molar-refractivity contribution is -0.146. The van der Waals surface area contributed by atoms with Gasteiger partial charge in [-0.05, 0) is 19.8 Å². The van der Waals surface area contributed by atoms with Crippen molar-refractivity contribution in [2.75, 3.05) is 12.4 Å². The molecule has 1 heterocycles. The molecule has 1 saturated heterocycles. The Labute approximate surface area is 135 Å². The van der Waals surface area contributed by atoms with Gasteiger partial charge in [-0.25, -0.2) is 4.79 Å². The first-order chi connectivity index (χ1) is 10.6. The summed E-state index contributed by atoms with van der Waals surface area (Å²) in [5.41, 5.74) is 0. The highest BCUT2D eigenvalue weighted by Gasteiger charge is 2.34. The summed E-state index contributed by atoms with van der Waals surface area (Å²) in [6, 6.07) is -0.347. The lowest BCUT2D eigenvalue weighted by Gasteiger charge is -2.28. The van der Waals surface area contributed by atoms with Crippen LogP contribution in [0.4, 0.5) is 0 Å². The predicted octanol–water partition coefficient (Wildman–Crippen LogP) is 0.989. The largest absolute Gasteiger partial charge is 0.464 e. The van der Waals surface area contributed by atoms with Gasteiger partial charge in [-0.3, -0.25) is 9.59 Å². The number of hydrogen-bond donors (Lipinski definition) is 2. The van der Waals surface area contributed by atoms with Crippen LogP contribution in [-0.4, -0.2) is 47.5 Å². The topological polar surface area (TPSA) is 84.5 Å². The summed E-state index contributed by atoms with van der Waals surface area (Å²) in [7, 11) is 0. The Morgan fingerprint density at radius 3 is 2.68 bits per heavy atom. The van der Waals surface area contributed by atoms with Gasteiger partial charge in [0, 0.05) is 18.2 Å². The van der Waals surface area contributed by atoms with Crippen molar-refractivity contribution in [2.45, 2.75) is 62.8 Å².